The Hall–Kier alpha value is -3.80. The van der Waals surface area contributed by atoms with Gasteiger partial charge in [0.15, 0.2) is 0 Å². The first kappa shape index (κ1) is 23.0. The van der Waals surface area contributed by atoms with Gasteiger partial charge in [0.2, 0.25) is 0 Å². The molecule has 0 aliphatic heterocycles. The Labute approximate surface area is 205 Å². The molecule has 1 saturated carbocycles. The molecule has 6 heteroatoms. The molecule has 1 fully saturated rings. The van der Waals surface area contributed by atoms with E-state index in [1.807, 2.05) is 24.6 Å². The van der Waals surface area contributed by atoms with Crippen LogP contribution in [0.2, 0.25) is 0 Å². The molecule has 5 rings (SSSR count). The average molecular weight is 470 g/mol. The molecular formula is C29H31N3O3. The second-order valence-electron chi connectivity index (χ2n) is 9.04. The summed E-state index contributed by atoms with van der Waals surface area (Å²) in [6.07, 6.45) is 5.75. The highest BCUT2D eigenvalue weighted by Gasteiger charge is 2.26. The fourth-order valence-corrected chi connectivity index (χ4v) is 5.25. The highest BCUT2D eigenvalue weighted by atomic mass is 16.5. The summed E-state index contributed by atoms with van der Waals surface area (Å²) >= 11 is 0. The Morgan fingerprint density at radius 2 is 1.86 bits per heavy atom. The number of hydrogen-bond donors (Lipinski definition) is 2. The Morgan fingerprint density at radius 1 is 1.09 bits per heavy atom. The number of hydrogen-bond acceptors (Lipinski definition) is 4. The van der Waals surface area contributed by atoms with Crippen LogP contribution < -0.4 is 10.1 Å². The number of rotatable bonds is 8. The SMILES string of the molecule is CCOC(=O)c1c(CNC=N)n(C)c2cc(-c3cccc4ccccc34)c(OC3CCCC3)cc12. The highest BCUT2D eigenvalue weighted by Crippen LogP contribution is 2.41. The van der Waals surface area contributed by atoms with Crippen molar-refractivity contribution < 1.29 is 14.3 Å². The van der Waals surface area contributed by atoms with Crippen LogP contribution in [0, 0.1) is 5.41 Å². The van der Waals surface area contributed by atoms with Crippen molar-refractivity contribution in [2.75, 3.05) is 6.61 Å². The van der Waals surface area contributed by atoms with Gasteiger partial charge in [-0.3, -0.25) is 5.41 Å². The first-order valence-corrected chi connectivity index (χ1v) is 12.3. The summed E-state index contributed by atoms with van der Waals surface area (Å²) in [5.74, 6) is 0.438. The second kappa shape index (κ2) is 9.82. The number of carbonyl (C=O) groups excluding carboxylic acids is 1. The van der Waals surface area contributed by atoms with E-state index in [0.717, 1.165) is 58.0 Å². The van der Waals surface area contributed by atoms with Crippen molar-refractivity contribution in [2.24, 2.45) is 7.05 Å². The van der Waals surface area contributed by atoms with Crippen molar-refractivity contribution in [1.29, 1.82) is 5.41 Å². The second-order valence-corrected chi connectivity index (χ2v) is 9.04. The van der Waals surface area contributed by atoms with E-state index in [1.165, 1.54) is 18.2 Å². The lowest BCUT2D eigenvalue weighted by Crippen LogP contribution is -2.16. The maximum Gasteiger partial charge on any atom is 0.340 e. The van der Waals surface area contributed by atoms with Crippen LogP contribution in [0.4, 0.5) is 0 Å². The number of fused-ring (bicyclic) bond motifs is 2. The first-order valence-electron chi connectivity index (χ1n) is 12.3. The van der Waals surface area contributed by atoms with Crippen molar-refractivity contribution in [3.05, 3.63) is 65.9 Å². The summed E-state index contributed by atoms with van der Waals surface area (Å²) in [4.78, 5) is 13.1. The minimum absolute atomic E-state index is 0.176. The minimum atomic E-state index is -0.357. The molecule has 1 aromatic heterocycles. The average Bonchev–Trinajstić information content (AvgIpc) is 3.48. The summed E-state index contributed by atoms with van der Waals surface area (Å²) in [6, 6.07) is 18.9. The van der Waals surface area contributed by atoms with Crippen LogP contribution in [0.15, 0.2) is 54.6 Å². The predicted molar refractivity (Wildman–Crippen MR) is 140 cm³/mol. The molecule has 1 heterocycles. The van der Waals surface area contributed by atoms with Crippen molar-refractivity contribution in [1.82, 2.24) is 9.88 Å². The molecule has 0 saturated heterocycles. The Morgan fingerprint density at radius 3 is 2.63 bits per heavy atom. The molecule has 6 nitrogen and oxygen atoms in total. The predicted octanol–water partition coefficient (Wildman–Crippen LogP) is 6.19. The van der Waals surface area contributed by atoms with Crippen LogP contribution >= 0.6 is 0 Å². The Balaban J connectivity index is 1.78. The number of aromatic nitrogens is 1. The largest absolute Gasteiger partial charge is 0.490 e. The lowest BCUT2D eigenvalue weighted by atomic mass is 9.96. The van der Waals surface area contributed by atoms with Gasteiger partial charge in [0, 0.05) is 23.5 Å². The number of nitrogens with one attached hydrogen (secondary N) is 2. The van der Waals surface area contributed by atoms with Gasteiger partial charge in [-0.05, 0) is 61.1 Å². The van der Waals surface area contributed by atoms with Gasteiger partial charge in [-0.2, -0.15) is 0 Å². The molecule has 1 aliphatic rings. The Bertz CT molecular complexity index is 1390. The van der Waals surface area contributed by atoms with Gasteiger partial charge in [-0.1, -0.05) is 42.5 Å². The topological polar surface area (TPSA) is 76.3 Å². The fourth-order valence-electron chi connectivity index (χ4n) is 5.25. The molecule has 0 amide bonds. The van der Waals surface area contributed by atoms with E-state index in [2.05, 4.69) is 53.8 Å². The number of ether oxygens (including phenoxy) is 2. The number of aryl methyl sites for hydroxylation is 1. The molecule has 0 spiro atoms. The third kappa shape index (κ3) is 4.25. The van der Waals surface area contributed by atoms with Gasteiger partial charge in [0.1, 0.15) is 5.75 Å². The maximum atomic E-state index is 13.1. The number of benzene rings is 3. The lowest BCUT2D eigenvalue weighted by molar-refractivity contribution is 0.0527. The van der Waals surface area contributed by atoms with Crippen LogP contribution in [0.5, 0.6) is 5.75 Å². The van der Waals surface area contributed by atoms with Crippen LogP contribution in [-0.2, 0) is 18.3 Å². The maximum absolute atomic E-state index is 13.1. The minimum Gasteiger partial charge on any atom is -0.490 e. The number of carbonyl (C=O) groups is 1. The van der Waals surface area contributed by atoms with Gasteiger partial charge < -0.3 is 19.4 Å². The van der Waals surface area contributed by atoms with Gasteiger partial charge in [-0.25, -0.2) is 4.79 Å². The lowest BCUT2D eigenvalue weighted by Gasteiger charge is -2.18. The number of esters is 1. The van der Waals surface area contributed by atoms with Gasteiger partial charge >= 0.3 is 5.97 Å². The van der Waals surface area contributed by atoms with Crippen molar-refractivity contribution in [2.45, 2.75) is 45.3 Å². The molecule has 0 atom stereocenters. The molecule has 0 unspecified atom stereocenters. The van der Waals surface area contributed by atoms with Crippen LogP contribution in [0.3, 0.4) is 0 Å². The summed E-state index contributed by atoms with van der Waals surface area (Å²) in [7, 11) is 1.95. The zero-order valence-corrected chi connectivity index (χ0v) is 20.3. The zero-order chi connectivity index (χ0) is 24.4. The molecule has 35 heavy (non-hydrogen) atoms. The molecule has 180 valence electrons. The van der Waals surface area contributed by atoms with E-state index in [4.69, 9.17) is 14.9 Å². The monoisotopic (exact) mass is 469 g/mol. The summed E-state index contributed by atoms with van der Waals surface area (Å²) < 4.78 is 14.1. The quantitative estimate of drug-likeness (QED) is 0.183. The molecule has 0 bridgehead atoms. The van der Waals surface area contributed by atoms with Crippen molar-refractivity contribution >= 4 is 34.0 Å². The molecule has 2 N–H and O–H groups in total. The number of nitrogens with zero attached hydrogens (tertiary/aromatic N) is 1. The standard InChI is InChI=1S/C29H31N3O3/c1-3-34-29(33)28-24-16-27(35-20-11-5-6-12-20)23(15-25(24)32(2)26(28)17-31-18-30)22-14-8-10-19-9-4-7-13-21(19)22/h4,7-10,13-16,18,20H,3,5-6,11-12,17H2,1-2H3,(H2,30,31). The van der Waals surface area contributed by atoms with Crippen LogP contribution in [0.1, 0.15) is 48.7 Å². The smallest absolute Gasteiger partial charge is 0.340 e. The fraction of sp³-hybridized carbons (Fsp3) is 0.310. The molecule has 3 aromatic carbocycles. The van der Waals surface area contributed by atoms with E-state index >= 15 is 0 Å². The van der Waals surface area contributed by atoms with Gasteiger partial charge in [0.05, 0.1) is 36.9 Å². The van der Waals surface area contributed by atoms with Gasteiger partial charge in [0.25, 0.3) is 0 Å². The van der Waals surface area contributed by atoms with E-state index < -0.39 is 0 Å². The highest BCUT2D eigenvalue weighted by molar-refractivity contribution is 6.09. The summed E-state index contributed by atoms with van der Waals surface area (Å²) in [5.41, 5.74) is 4.36. The third-order valence-corrected chi connectivity index (χ3v) is 6.95. The normalized spacial score (nSPS) is 13.9. The molecular weight excluding hydrogens is 438 g/mol. The van der Waals surface area contributed by atoms with Crippen molar-refractivity contribution in [3.8, 4) is 16.9 Å². The van der Waals surface area contributed by atoms with E-state index in [1.54, 1.807) is 0 Å². The van der Waals surface area contributed by atoms with E-state index in [-0.39, 0.29) is 12.1 Å². The zero-order valence-electron chi connectivity index (χ0n) is 20.3. The molecule has 0 radical (unpaired) electrons. The Kier molecular flexibility index (Phi) is 6.45. The van der Waals surface area contributed by atoms with Crippen molar-refractivity contribution in [3.63, 3.8) is 0 Å². The van der Waals surface area contributed by atoms with E-state index in [9.17, 15) is 4.79 Å². The summed E-state index contributed by atoms with van der Waals surface area (Å²) in [6.45, 7) is 2.46. The third-order valence-electron chi connectivity index (χ3n) is 6.95. The summed E-state index contributed by atoms with van der Waals surface area (Å²) in [5, 5.41) is 13.5. The first-order chi connectivity index (χ1) is 17.1. The molecule has 4 aromatic rings. The van der Waals surface area contributed by atoms with Crippen LogP contribution in [0.25, 0.3) is 32.8 Å². The van der Waals surface area contributed by atoms with Crippen LogP contribution in [-0.4, -0.2) is 29.6 Å². The van der Waals surface area contributed by atoms with Gasteiger partial charge in [-0.15, -0.1) is 0 Å². The molecule has 1 aliphatic carbocycles. The van der Waals surface area contributed by atoms with E-state index in [0.29, 0.717) is 18.7 Å².